The third-order valence-electron chi connectivity index (χ3n) is 7.33. The molecule has 6 nitrogen and oxygen atoms in total. The molecule has 0 N–H and O–H groups in total. The zero-order valence-electron chi connectivity index (χ0n) is 20.6. The molecule has 2 aliphatic rings. The number of ether oxygens (including phenoxy) is 2. The number of nitrogens with zero attached hydrogens (tertiary/aromatic N) is 3. The first kappa shape index (κ1) is 23.8. The van der Waals surface area contributed by atoms with E-state index in [1.165, 1.54) is 32.1 Å². The van der Waals surface area contributed by atoms with E-state index in [1.807, 2.05) is 42.4 Å². The fourth-order valence-corrected chi connectivity index (χ4v) is 5.12. The third kappa shape index (κ3) is 6.38. The summed E-state index contributed by atoms with van der Waals surface area (Å²) in [7, 11) is 1.66. The van der Waals surface area contributed by atoms with Gasteiger partial charge in [-0.15, -0.1) is 0 Å². The van der Waals surface area contributed by atoms with Crippen molar-refractivity contribution in [3.05, 3.63) is 48.0 Å². The van der Waals surface area contributed by atoms with E-state index in [0.717, 1.165) is 29.5 Å². The van der Waals surface area contributed by atoms with Gasteiger partial charge in [-0.05, 0) is 68.1 Å². The fourth-order valence-electron chi connectivity index (χ4n) is 5.12. The highest BCUT2D eigenvalue weighted by Gasteiger charge is 2.34. The third-order valence-corrected chi connectivity index (χ3v) is 7.33. The first-order valence-corrected chi connectivity index (χ1v) is 12.4. The van der Waals surface area contributed by atoms with Crippen molar-refractivity contribution in [1.82, 2.24) is 14.5 Å². The molecule has 6 heteroatoms. The predicted molar refractivity (Wildman–Crippen MR) is 129 cm³/mol. The maximum absolute atomic E-state index is 13.1. The van der Waals surface area contributed by atoms with Gasteiger partial charge in [0.25, 0.3) is 5.91 Å². The molecule has 1 saturated heterocycles. The van der Waals surface area contributed by atoms with Crippen LogP contribution in [0, 0.1) is 11.3 Å². The Hall–Kier alpha value is -2.34. The Balaban J connectivity index is 1.30. The largest absolute Gasteiger partial charge is 0.497 e. The van der Waals surface area contributed by atoms with Gasteiger partial charge in [-0.3, -0.25) is 4.79 Å². The molecule has 1 amide bonds. The molecule has 2 fully saturated rings. The van der Waals surface area contributed by atoms with Crippen LogP contribution in [0.4, 0.5) is 0 Å². The molecule has 0 spiro atoms. The highest BCUT2D eigenvalue weighted by Crippen LogP contribution is 2.39. The summed E-state index contributed by atoms with van der Waals surface area (Å²) in [6.45, 7) is 8.99. The summed E-state index contributed by atoms with van der Waals surface area (Å²) in [5.41, 5.74) is 2.54. The minimum atomic E-state index is -0.476. The molecule has 180 valence electrons. The molecule has 1 saturated carbocycles. The lowest BCUT2D eigenvalue weighted by molar-refractivity contribution is -0.161. The maximum Gasteiger partial charge on any atom is 0.252 e. The van der Waals surface area contributed by atoms with E-state index in [-0.39, 0.29) is 12.0 Å². The number of aryl methyl sites for hydroxylation is 1. The SMILES string of the molecule is COc1ccc(CN2C[C@@H](C)O[C@@H](Cc3cn(CCC4CCC(C)(C)CC4)cn3)C2=O)cc1. The molecular weight excluding hydrogens is 414 g/mol. The molecule has 1 aromatic heterocycles. The zero-order chi connectivity index (χ0) is 23.4. The molecular formula is C27H39N3O3. The average Bonchev–Trinajstić information content (AvgIpc) is 3.24. The van der Waals surface area contributed by atoms with Crippen LogP contribution in [0.2, 0.25) is 0 Å². The summed E-state index contributed by atoms with van der Waals surface area (Å²) in [4.78, 5) is 19.6. The van der Waals surface area contributed by atoms with Gasteiger partial charge in [-0.1, -0.05) is 26.0 Å². The summed E-state index contributed by atoms with van der Waals surface area (Å²) in [5.74, 6) is 1.68. The first-order chi connectivity index (χ1) is 15.8. The molecule has 0 unspecified atom stereocenters. The molecule has 0 radical (unpaired) electrons. The Morgan fingerprint density at radius 2 is 1.91 bits per heavy atom. The summed E-state index contributed by atoms with van der Waals surface area (Å²) in [5, 5.41) is 0. The van der Waals surface area contributed by atoms with Crippen LogP contribution >= 0.6 is 0 Å². The minimum Gasteiger partial charge on any atom is -0.497 e. The van der Waals surface area contributed by atoms with Crippen LogP contribution < -0.4 is 4.74 Å². The second kappa shape index (κ2) is 10.3. The standard InChI is InChI=1S/C27H39N3O3/c1-20-16-30(17-22-5-7-24(32-4)8-6-22)26(31)25(33-20)15-23-18-29(19-28-23)14-11-21-9-12-27(2,3)13-10-21/h5-8,18-21,25H,9-17H2,1-4H3/t20-,25+/m1/s1. The molecule has 33 heavy (non-hydrogen) atoms. The number of morpholine rings is 1. The van der Waals surface area contributed by atoms with Crippen molar-refractivity contribution in [1.29, 1.82) is 0 Å². The van der Waals surface area contributed by atoms with Crippen molar-refractivity contribution < 1.29 is 14.3 Å². The number of benzene rings is 1. The van der Waals surface area contributed by atoms with Gasteiger partial charge < -0.3 is 18.9 Å². The number of hydrogen-bond acceptors (Lipinski definition) is 4. The van der Waals surface area contributed by atoms with E-state index in [0.29, 0.717) is 24.9 Å². The normalized spacial score (nSPS) is 23.6. The van der Waals surface area contributed by atoms with E-state index in [9.17, 15) is 4.79 Å². The number of amides is 1. The summed E-state index contributed by atoms with van der Waals surface area (Å²) in [6, 6.07) is 7.89. The van der Waals surface area contributed by atoms with Gasteiger partial charge in [0, 0.05) is 32.3 Å². The number of imidazole rings is 1. The second-order valence-corrected chi connectivity index (χ2v) is 10.7. The fraction of sp³-hybridized carbons (Fsp3) is 0.630. The van der Waals surface area contributed by atoms with E-state index < -0.39 is 6.10 Å². The second-order valence-electron chi connectivity index (χ2n) is 10.7. The van der Waals surface area contributed by atoms with Crippen LogP contribution in [0.25, 0.3) is 0 Å². The van der Waals surface area contributed by atoms with E-state index in [1.54, 1.807) is 7.11 Å². The Morgan fingerprint density at radius 3 is 2.61 bits per heavy atom. The molecule has 2 heterocycles. The van der Waals surface area contributed by atoms with Crippen molar-refractivity contribution in [3.63, 3.8) is 0 Å². The molecule has 2 aromatic rings. The van der Waals surface area contributed by atoms with Gasteiger partial charge >= 0.3 is 0 Å². The summed E-state index contributed by atoms with van der Waals surface area (Å²) in [6.07, 6.45) is 10.6. The highest BCUT2D eigenvalue weighted by molar-refractivity contribution is 5.82. The van der Waals surface area contributed by atoms with Crippen LogP contribution in [0.1, 0.15) is 64.1 Å². The average molecular weight is 454 g/mol. The van der Waals surface area contributed by atoms with Crippen molar-refractivity contribution in [3.8, 4) is 5.75 Å². The molecule has 1 aromatic carbocycles. The summed E-state index contributed by atoms with van der Waals surface area (Å²) < 4.78 is 13.4. The van der Waals surface area contributed by atoms with Crippen LogP contribution in [0.15, 0.2) is 36.8 Å². The van der Waals surface area contributed by atoms with Crippen LogP contribution in [0.3, 0.4) is 0 Å². The molecule has 1 aliphatic carbocycles. The Bertz CT molecular complexity index is 911. The number of rotatable bonds is 8. The number of carbonyl (C=O) groups excluding carboxylic acids is 1. The number of methoxy groups -OCH3 is 1. The smallest absolute Gasteiger partial charge is 0.252 e. The first-order valence-electron chi connectivity index (χ1n) is 12.4. The summed E-state index contributed by atoms with van der Waals surface area (Å²) >= 11 is 0. The van der Waals surface area contributed by atoms with Crippen LogP contribution in [-0.4, -0.2) is 46.2 Å². The Kier molecular flexibility index (Phi) is 7.42. The quantitative estimate of drug-likeness (QED) is 0.573. The lowest BCUT2D eigenvalue weighted by Gasteiger charge is -2.36. The zero-order valence-corrected chi connectivity index (χ0v) is 20.6. The Morgan fingerprint density at radius 1 is 1.18 bits per heavy atom. The molecule has 2 atom stereocenters. The van der Waals surface area contributed by atoms with E-state index in [4.69, 9.17) is 9.47 Å². The number of carbonyl (C=O) groups is 1. The van der Waals surface area contributed by atoms with Crippen molar-refractivity contribution in [2.75, 3.05) is 13.7 Å². The number of hydrogen-bond donors (Lipinski definition) is 0. The topological polar surface area (TPSA) is 56.6 Å². The van der Waals surface area contributed by atoms with Crippen LogP contribution in [-0.2, 0) is 29.0 Å². The van der Waals surface area contributed by atoms with Crippen molar-refractivity contribution in [2.45, 2.75) is 84.6 Å². The van der Waals surface area contributed by atoms with E-state index in [2.05, 4.69) is 29.6 Å². The van der Waals surface area contributed by atoms with Crippen molar-refractivity contribution >= 4 is 5.91 Å². The minimum absolute atomic E-state index is 0.00332. The lowest BCUT2D eigenvalue weighted by Crippen LogP contribution is -2.51. The Labute approximate surface area is 198 Å². The molecule has 1 aliphatic heterocycles. The molecule has 0 bridgehead atoms. The van der Waals surface area contributed by atoms with Gasteiger partial charge in [-0.25, -0.2) is 4.98 Å². The molecule has 4 rings (SSSR count). The monoisotopic (exact) mass is 453 g/mol. The number of aromatic nitrogens is 2. The lowest BCUT2D eigenvalue weighted by atomic mass is 9.72. The van der Waals surface area contributed by atoms with Gasteiger partial charge in [0.15, 0.2) is 0 Å². The van der Waals surface area contributed by atoms with Gasteiger partial charge in [0.2, 0.25) is 0 Å². The van der Waals surface area contributed by atoms with Crippen LogP contribution in [0.5, 0.6) is 5.75 Å². The maximum atomic E-state index is 13.1. The van der Waals surface area contributed by atoms with Gasteiger partial charge in [0.1, 0.15) is 11.9 Å². The van der Waals surface area contributed by atoms with E-state index >= 15 is 0 Å². The predicted octanol–water partition coefficient (Wildman–Crippen LogP) is 4.86. The van der Waals surface area contributed by atoms with Gasteiger partial charge in [-0.2, -0.15) is 0 Å². The van der Waals surface area contributed by atoms with Crippen molar-refractivity contribution in [2.24, 2.45) is 11.3 Å². The van der Waals surface area contributed by atoms with Gasteiger partial charge in [0.05, 0.1) is 25.2 Å². The highest BCUT2D eigenvalue weighted by atomic mass is 16.5.